The number of hydrogen-bond acceptors (Lipinski definition) is 7. The molecule has 0 atom stereocenters. The van der Waals surface area contributed by atoms with Crippen molar-refractivity contribution in [3.63, 3.8) is 0 Å². The first-order chi connectivity index (χ1) is 17.8. The van der Waals surface area contributed by atoms with E-state index in [2.05, 4.69) is 12.1 Å². The van der Waals surface area contributed by atoms with Crippen LogP contribution in [0, 0.1) is 47.3 Å². The zero-order valence-electron chi connectivity index (χ0n) is 21.8. The molecule has 0 amide bonds. The standard InChI is InChI=1S/C20H24O6S2.C8H10N2/c1-15-4-7-18(8-5-15)28(24,25)26-14-20(10-3-11-20)13-17-12-16(2)6-9-19(17)27(21,22)23;9-6-4-8(5-7-10)2-1-3-8/h4-9,12H,3,10-11,13-14H2,1-2H3,(H,21,22,23);1-5H2. The first-order valence-electron chi connectivity index (χ1n) is 12.6. The number of rotatable bonds is 9. The summed E-state index contributed by atoms with van der Waals surface area (Å²) in [5, 5.41) is 16.9. The number of benzene rings is 2. The lowest BCUT2D eigenvalue weighted by Gasteiger charge is -2.41. The minimum Gasteiger partial charge on any atom is -0.282 e. The van der Waals surface area contributed by atoms with Gasteiger partial charge in [-0.25, -0.2) is 0 Å². The summed E-state index contributed by atoms with van der Waals surface area (Å²) in [7, 11) is -8.25. The van der Waals surface area contributed by atoms with Crippen molar-refractivity contribution in [3.8, 4) is 12.1 Å². The zero-order valence-corrected chi connectivity index (χ0v) is 23.4. The summed E-state index contributed by atoms with van der Waals surface area (Å²) in [4.78, 5) is -0.0347. The molecule has 2 aromatic rings. The number of hydrogen-bond donors (Lipinski definition) is 1. The van der Waals surface area contributed by atoms with Crippen LogP contribution in [0.2, 0.25) is 0 Å². The Kier molecular flexibility index (Phi) is 9.38. The molecule has 2 saturated carbocycles. The minimum absolute atomic E-state index is 0.0257. The minimum atomic E-state index is -4.36. The van der Waals surface area contributed by atoms with Gasteiger partial charge in [-0.1, -0.05) is 48.2 Å². The molecule has 0 radical (unpaired) electrons. The Morgan fingerprint density at radius 1 is 0.842 bits per heavy atom. The summed E-state index contributed by atoms with van der Waals surface area (Å²) in [6.45, 7) is 3.68. The second-order valence-electron chi connectivity index (χ2n) is 10.7. The zero-order chi connectivity index (χ0) is 28.0. The Labute approximate surface area is 226 Å². The van der Waals surface area contributed by atoms with Crippen molar-refractivity contribution in [2.24, 2.45) is 10.8 Å². The van der Waals surface area contributed by atoms with Gasteiger partial charge in [0, 0.05) is 12.8 Å². The van der Waals surface area contributed by atoms with E-state index in [1.54, 1.807) is 24.3 Å². The lowest BCUT2D eigenvalue weighted by molar-refractivity contribution is 0.0606. The second kappa shape index (κ2) is 12.0. The van der Waals surface area contributed by atoms with E-state index in [0.717, 1.165) is 43.2 Å². The first kappa shape index (κ1) is 29.8. The van der Waals surface area contributed by atoms with Gasteiger partial charge >= 0.3 is 0 Å². The van der Waals surface area contributed by atoms with Gasteiger partial charge in [-0.2, -0.15) is 27.4 Å². The Balaban J connectivity index is 0.000000336. The molecule has 0 aromatic heterocycles. The highest BCUT2D eigenvalue weighted by Gasteiger charge is 2.40. The molecule has 4 rings (SSSR count). The monoisotopic (exact) mass is 558 g/mol. The van der Waals surface area contributed by atoms with Crippen molar-refractivity contribution in [3.05, 3.63) is 59.2 Å². The topological polar surface area (TPSA) is 145 Å². The van der Waals surface area contributed by atoms with Crippen molar-refractivity contribution in [2.45, 2.75) is 81.4 Å². The second-order valence-corrected chi connectivity index (χ2v) is 13.7. The smallest absolute Gasteiger partial charge is 0.282 e. The van der Waals surface area contributed by atoms with E-state index in [0.29, 0.717) is 24.8 Å². The predicted molar refractivity (Wildman–Crippen MR) is 142 cm³/mol. The van der Waals surface area contributed by atoms with Crippen LogP contribution in [-0.2, 0) is 30.8 Å². The van der Waals surface area contributed by atoms with Crippen LogP contribution >= 0.6 is 0 Å². The van der Waals surface area contributed by atoms with Crippen LogP contribution < -0.4 is 0 Å². The Morgan fingerprint density at radius 2 is 1.37 bits per heavy atom. The SMILES string of the molecule is Cc1ccc(S(=O)(=O)OCC2(Cc3cc(C)ccc3S(=O)(=O)O)CCC2)cc1.N#CCC1(CC#N)CCC1. The molecule has 2 aromatic carbocycles. The van der Waals surface area contributed by atoms with E-state index in [4.69, 9.17) is 14.7 Å². The van der Waals surface area contributed by atoms with Gasteiger partial charge in [0.05, 0.1) is 28.5 Å². The number of nitrogens with zero attached hydrogens (tertiary/aromatic N) is 2. The van der Waals surface area contributed by atoms with E-state index < -0.39 is 25.7 Å². The Bertz CT molecular complexity index is 1410. The van der Waals surface area contributed by atoms with Gasteiger partial charge < -0.3 is 0 Å². The largest absolute Gasteiger partial charge is 0.296 e. The molecule has 0 heterocycles. The number of aryl methyl sites for hydroxylation is 2. The fraction of sp³-hybridized carbons (Fsp3) is 0.500. The predicted octanol–water partition coefficient (Wildman–Crippen LogP) is 5.65. The summed E-state index contributed by atoms with van der Waals surface area (Å²) < 4.78 is 63.3. The third kappa shape index (κ3) is 7.42. The van der Waals surface area contributed by atoms with Gasteiger partial charge in [-0.3, -0.25) is 8.74 Å². The fourth-order valence-electron chi connectivity index (χ4n) is 4.95. The van der Waals surface area contributed by atoms with Crippen LogP contribution in [0.1, 0.15) is 68.1 Å². The van der Waals surface area contributed by atoms with Crippen LogP contribution in [0.15, 0.2) is 52.3 Å². The van der Waals surface area contributed by atoms with Crippen molar-refractivity contribution in [2.75, 3.05) is 6.61 Å². The lowest BCUT2D eigenvalue weighted by Crippen LogP contribution is -2.38. The molecule has 1 N–H and O–H groups in total. The van der Waals surface area contributed by atoms with Crippen LogP contribution in [0.4, 0.5) is 0 Å². The average molecular weight is 559 g/mol. The van der Waals surface area contributed by atoms with Gasteiger partial charge in [0.2, 0.25) is 0 Å². The normalized spacial score (nSPS) is 17.5. The summed E-state index contributed by atoms with van der Waals surface area (Å²) >= 11 is 0. The van der Waals surface area contributed by atoms with E-state index in [-0.39, 0.29) is 21.8 Å². The third-order valence-electron chi connectivity index (χ3n) is 7.63. The van der Waals surface area contributed by atoms with E-state index in [1.165, 1.54) is 24.6 Å². The maximum atomic E-state index is 12.5. The van der Waals surface area contributed by atoms with Crippen LogP contribution in [-0.4, -0.2) is 28.0 Å². The molecule has 0 unspecified atom stereocenters. The molecular formula is C28H34N2O6S2. The highest BCUT2D eigenvalue weighted by atomic mass is 32.2. The molecule has 2 fully saturated rings. The molecule has 0 saturated heterocycles. The van der Waals surface area contributed by atoms with Gasteiger partial charge in [0.15, 0.2) is 0 Å². The van der Waals surface area contributed by atoms with E-state index in [9.17, 15) is 21.4 Å². The molecule has 0 bridgehead atoms. The Morgan fingerprint density at radius 3 is 1.82 bits per heavy atom. The highest BCUT2D eigenvalue weighted by Crippen LogP contribution is 2.46. The molecule has 8 nitrogen and oxygen atoms in total. The van der Waals surface area contributed by atoms with Crippen LogP contribution in [0.3, 0.4) is 0 Å². The first-order valence-corrected chi connectivity index (χ1v) is 15.5. The number of nitriles is 2. The van der Waals surface area contributed by atoms with Crippen molar-refractivity contribution < 1.29 is 25.6 Å². The van der Waals surface area contributed by atoms with E-state index in [1.807, 2.05) is 13.8 Å². The summed E-state index contributed by atoms with van der Waals surface area (Å²) in [6.07, 6.45) is 7.20. The van der Waals surface area contributed by atoms with Gasteiger partial charge in [-0.05, 0) is 80.5 Å². The van der Waals surface area contributed by atoms with Gasteiger partial charge in [-0.15, -0.1) is 0 Å². The van der Waals surface area contributed by atoms with Crippen molar-refractivity contribution >= 4 is 20.2 Å². The summed E-state index contributed by atoms with van der Waals surface area (Å²) in [6, 6.07) is 15.5. The maximum absolute atomic E-state index is 12.5. The Hall–Kier alpha value is -2.76. The van der Waals surface area contributed by atoms with Crippen molar-refractivity contribution in [1.82, 2.24) is 0 Å². The summed E-state index contributed by atoms with van der Waals surface area (Å²) in [5.41, 5.74) is 1.93. The van der Waals surface area contributed by atoms with Crippen LogP contribution in [0.5, 0.6) is 0 Å². The molecular weight excluding hydrogens is 524 g/mol. The average Bonchev–Trinajstić information content (AvgIpc) is 2.79. The third-order valence-corrected chi connectivity index (χ3v) is 9.86. The van der Waals surface area contributed by atoms with Crippen LogP contribution in [0.25, 0.3) is 0 Å². The summed E-state index contributed by atoms with van der Waals surface area (Å²) in [5.74, 6) is 0. The molecule has 2 aliphatic rings. The molecule has 204 valence electrons. The molecule has 2 aliphatic carbocycles. The molecule has 0 aliphatic heterocycles. The molecule has 10 heteroatoms. The van der Waals surface area contributed by atoms with E-state index >= 15 is 0 Å². The van der Waals surface area contributed by atoms with Gasteiger partial charge in [0.1, 0.15) is 0 Å². The lowest BCUT2D eigenvalue weighted by atomic mass is 9.65. The molecule has 38 heavy (non-hydrogen) atoms. The highest BCUT2D eigenvalue weighted by molar-refractivity contribution is 7.86. The maximum Gasteiger partial charge on any atom is 0.296 e. The fourth-order valence-corrected chi connectivity index (χ4v) is 6.67. The quantitative estimate of drug-likeness (QED) is 0.307. The van der Waals surface area contributed by atoms with Gasteiger partial charge in [0.25, 0.3) is 20.2 Å². The van der Waals surface area contributed by atoms with Crippen molar-refractivity contribution in [1.29, 1.82) is 10.5 Å². The molecule has 0 spiro atoms.